The molecule has 1 unspecified atom stereocenters. The number of hydrogen-bond donors (Lipinski definition) is 1. The summed E-state index contributed by atoms with van der Waals surface area (Å²) in [6, 6.07) is 15.3. The molecule has 1 heterocycles. The zero-order valence-electron chi connectivity index (χ0n) is 17.6. The zero-order valence-corrected chi connectivity index (χ0v) is 19.3. The molecule has 0 radical (unpaired) electrons. The van der Waals surface area contributed by atoms with E-state index in [-0.39, 0.29) is 24.8 Å². The van der Waals surface area contributed by atoms with Gasteiger partial charge < -0.3 is 14.8 Å². The number of nitrogens with one attached hydrogen (secondary N) is 1. The number of likely N-dealkylation sites (tertiary alicyclic amines) is 1. The van der Waals surface area contributed by atoms with Crippen molar-refractivity contribution in [2.75, 3.05) is 26.7 Å². The molecule has 1 N–H and O–H groups in total. The number of methoxy groups -OCH3 is 1. The normalized spacial score (nSPS) is 16.0. The summed E-state index contributed by atoms with van der Waals surface area (Å²) in [5.41, 5.74) is 3.63. The molecule has 162 valence electrons. The molecule has 0 aliphatic carbocycles. The third-order valence-electron chi connectivity index (χ3n) is 5.36. The lowest BCUT2D eigenvalue weighted by Crippen LogP contribution is -2.37. The molecule has 1 aliphatic heterocycles. The molecule has 0 amide bonds. The highest BCUT2D eigenvalue weighted by molar-refractivity contribution is 5.85. The minimum atomic E-state index is 0. The average molecular weight is 441 g/mol. The molecule has 1 aliphatic rings. The number of benzene rings is 2. The molecule has 2 aromatic rings. The van der Waals surface area contributed by atoms with Crippen molar-refractivity contribution in [1.82, 2.24) is 10.2 Å². The van der Waals surface area contributed by atoms with E-state index in [0.717, 1.165) is 36.7 Å². The third-order valence-corrected chi connectivity index (χ3v) is 5.36. The fourth-order valence-corrected chi connectivity index (χ4v) is 3.71. The van der Waals surface area contributed by atoms with Crippen molar-refractivity contribution in [1.29, 1.82) is 0 Å². The fraction of sp³-hybridized carbons (Fsp3) is 0.478. The lowest BCUT2D eigenvalue weighted by Gasteiger charge is -2.23. The predicted octanol–water partition coefficient (Wildman–Crippen LogP) is 5.00. The van der Waals surface area contributed by atoms with Crippen LogP contribution in [0.5, 0.6) is 11.5 Å². The summed E-state index contributed by atoms with van der Waals surface area (Å²) < 4.78 is 11.5. The van der Waals surface area contributed by atoms with Gasteiger partial charge in [-0.05, 0) is 56.1 Å². The molecule has 0 bridgehead atoms. The summed E-state index contributed by atoms with van der Waals surface area (Å²) in [6.07, 6.45) is 2.62. The number of aryl methyl sites for hydroxylation is 1. The largest absolute Gasteiger partial charge is 0.493 e. The van der Waals surface area contributed by atoms with E-state index in [4.69, 9.17) is 9.47 Å². The maximum absolute atomic E-state index is 5.97. The Morgan fingerprint density at radius 3 is 2.45 bits per heavy atom. The third kappa shape index (κ3) is 7.38. The Balaban J connectivity index is 0.00000210. The van der Waals surface area contributed by atoms with Crippen molar-refractivity contribution < 1.29 is 9.47 Å². The van der Waals surface area contributed by atoms with E-state index in [0.29, 0.717) is 12.6 Å². The number of hydrogen-bond acceptors (Lipinski definition) is 4. The van der Waals surface area contributed by atoms with Crippen molar-refractivity contribution in [3.05, 3.63) is 59.2 Å². The van der Waals surface area contributed by atoms with Gasteiger partial charge in [0.1, 0.15) is 6.61 Å². The van der Waals surface area contributed by atoms with Crippen LogP contribution in [-0.4, -0.2) is 37.7 Å². The van der Waals surface area contributed by atoms with Crippen LogP contribution in [0, 0.1) is 6.92 Å². The Bertz CT molecular complexity index is 725. The number of likely N-dealkylation sites (N-methyl/N-ethyl adjacent to an activating group) is 1. The van der Waals surface area contributed by atoms with Crippen molar-refractivity contribution in [3.8, 4) is 11.5 Å². The van der Waals surface area contributed by atoms with E-state index in [9.17, 15) is 0 Å². The minimum absolute atomic E-state index is 0. The fourth-order valence-electron chi connectivity index (χ4n) is 3.71. The zero-order chi connectivity index (χ0) is 19.1. The van der Waals surface area contributed by atoms with E-state index in [1.54, 1.807) is 7.11 Å². The second-order valence-electron chi connectivity index (χ2n) is 7.32. The molecule has 3 rings (SSSR count). The second kappa shape index (κ2) is 13.0. The molecule has 1 saturated heterocycles. The van der Waals surface area contributed by atoms with E-state index in [2.05, 4.69) is 60.5 Å². The molecule has 29 heavy (non-hydrogen) atoms. The van der Waals surface area contributed by atoms with Crippen LogP contribution >= 0.6 is 24.8 Å². The van der Waals surface area contributed by atoms with Gasteiger partial charge in [-0.2, -0.15) is 0 Å². The molecule has 6 heteroatoms. The van der Waals surface area contributed by atoms with Gasteiger partial charge >= 0.3 is 0 Å². The van der Waals surface area contributed by atoms with Crippen LogP contribution in [0.15, 0.2) is 42.5 Å². The van der Waals surface area contributed by atoms with Crippen molar-refractivity contribution >= 4 is 24.8 Å². The Kier molecular flexibility index (Phi) is 11.4. The Hall–Kier alpha value is -1.46. The second-order valence-corrected chi connectivity index (χ2v) is 7.32. The highest BCUT2D eigenvalue weighted by Gasteiger charge is 2.22. The first-order chi connectivity index (χ1) is 13.2. The first-order valence-electron chi connectivity index (χ1n) is 9.99. The summed E-state index contributed by atoms with van der Waals surface area (Å²) in [5, 5.41) is 3.60. The quantitative estimate of drug-likeness (QED) is 0.594. The maximum atomic E-state index is 5.97. The number of ether oxygens (including phenoxy) is 2. The minimum Gasteiger partial charge on any atom is -0.493 e. The predicted molar refractivity (Wildman–Crippen MR) is 125 cm³/mol. The molecule has 0 aromatic heterocycles. The monoisotopic (exact) mass is 440 g/mol. The van der Waals surface area contributed by atoms with Crippen LogP contribution in [0.25, 0.3) is 0 Å². The van der Waals surface area contributed by atoms with Crippen LogP contribution in [0.1, 0.15) is 36.5 Å². The summed E-state index contributed by atoms with van der Waals surface area (Å²) in [6.45, 7) is 9.16. The van der Waals surface area contributed by atoms with Gasteiger partial charge in [0.05, 0.1) is 7.11 Å². The van der Waals surface area contributed by atoms with Gasteiger partial charge in [0.2, 0.25) is 0 Å². The van der Waals surface area contributed by atoms with Gasteiger partial charge in [0, 0.05) is 19.1 Å². The van der Waals surface area contributed by atoms with Gasteiger partial charge in [0.15, 0.2) is 11.5 Å². The Morgan fingerprint density at radius 1 is 1.03 bits per heavy atom. The lowest BCUT2D eigenvalue weighted by molar-refractivity contribution is 0.260. The van der Waals surface area contributed by atoms with Crippen LogP contribution in [0.4, 0.5) is 0 Å². The van der Waals surface area contributed by atoms with Crippen molar-refractivity contribution in [2.45, 2.75) is 45.9 Å². The van der Waals surface area contributed by atoms with Crippen LogP contribution in [-0.2, 0) is 13.2 Å². The highest BCUT2D eigenvalue weighted by atomic mass is 35.5. The molecule has 0 saturated carbocycles. The lowest BCUT2D eigenvalue weighted by atomic mass is 10.1. The van der Waals surface area contributed by atoms with Gasteiger partial charge in [0.25, 0.3) is 0 Å². The molecule has 1 atom stereocenters. The van der Waals surface area contributed by atoms with Gasteiger partial charge in [-0.25, -0.2) is 0 Å². The molecule has 0 spiro atoms. The standard InChI is InChI=1S/C23H32N2O2.2ClH/c1-4-25-13-5-6-21(25)16-24-15-20-11-12-22(23(14-20)26-3)27-17-19-9-7-18(2)8-10-19;;/h7-12,14,21,24H,4-6,13,15-17H2,1-3H3;2*1H. The van der Waals surface area contributed by atoms with Crippen LogP contribution in [0.3, 0.4) is 0 Å². The topological polar surface area (TPSA) is 33.7 Å². The highest BCUT2D eigenvalue weighted by Crippen LogP contribution is 2.29. The van der Waals surface area contributed by atoms with Gasteiger partial charge in [-0.15, -0.1) is 24.8 Å². The number of rotatable bonds is 9. The van der Waals surface area contributed by atoms with Crippen LogP contribution < -0.4 is 14.8 Å². The van der Waals surface area contributed by atoms with Gasteiger partial charge in [-0.1, -0.05) is 42.8 Å². The smallest absolute Gasteiger partial charge is 0.161 e. The molecule has 1 fully saturated rings. The molecule has 2 aromatic carbocycles. The number of halogens is 2. The maximum Gasteiger partial charge on any atom is 0.161 e. The van der Waals surface area contributed by atoms with Crippen molar-refractivity contribution in [2.24, 2.45) is 0 Å². The summed E-state index contributed by atoms with van der Waals surface area (Å²) in [5.74, 6) is 1.58. The summed E-state index contributed by atoms with van der Waals surface area (Å²) in [4.78, 5) is 2.57. The first kappa shape index (κ1) is 25.6. The first-order valence-corrected chi connectivity index (χ1v) is 9.99. The van der Waals surface area contributed by atoms with Gasteiger partial charge in [-0.3, -0.25) is 4.90 Å². The Morgan fingerprint density at radius 2 is 1.76 bits per heavy atom. The molecular formula is C23H34Cl2N2O2. The van der Waals surface area contributed by atoms with E-state index in [1.165, 1.54) is 30.5 Å². The molecular weight excluding hydrogens is 407 g/mol. The number of nitrogens with zero attached hydrogens (tertiary/aromatic N) is 1. The van der Waals surface area contributed by atoms with E-state index < -0.39 is 0 Å². The van der Waals surface area contributed by atoms with Crippen LogP contribution in [0.2, 0.25) is 0 Å². The Labute approximate surface area is 187 Å². The average Bonchev–Trinajstić information content (AvgIpc) is 3.15. The summed E-state index contributed by atoms with van der Waals surface area (Å²) in [7, 11) is 1.70. The SMILES string of the molecule is CCN1CCCC1CNCc1ccc(OCc2ccc(C)cc2)c(OC)c1.Cl.Cl. The van der Waals surface area contributed by atoms with E-state index >= 15 is 0 Å². The molecule has 4 nitrogen and oxygen atoms in total. The van der Waals surface area contributed by atoms with E-state index in [1.807, 2.05) is 6.07 Å². The van der Waals surface area contributed by atoms with Crippen molar-refractivity contribution in [3.63, 3.8) is 0 Å². The summed E-state index contributed by atoms with van der Waals surface area (Å²) >= 11 is 0.